The molecule has 1 unspecified atom stereocenters. The first-order chi connectivity index (χ1) is 10.1. The summed E-state index contributed by atoms with van der Waals surface area (Å²) in [7, 11) is 1.63. The van der Waals surface area contributed by atoms with Gasteiger partial charge < -0.3 is 14.4 Å². The van der Waals surface area contributed by atoms with E-state index in [4.69, 9.17) is 4.74 Å². The molecule has 1 atom stereocenters. The van der Waals surface area contributed by atoms with Crippen LogP contribution >= 0.6 is 0 Å². The number of carboxylic acid groups (broad SMARTS) is 1. The zero-order valence-corrected chi connectivity index (χ0v) is 12.2. The minimum Gasteiger partial charge on any atom is -0.497 e. The number of nitrogens with zero attached hydrogens (tertiary/aromatic N) is 2. The molecule has 0 bridgehead atoms. The van der Waals surface area contributed by atoms with Crippen molar-refractivity contribution in [3.8, 4) is 17.0 Å². The fourth-order valence-electron chi connectivity index (χ4n) is 2.94. The number of aromatic nitrogens is 2. The molecular weight excluding hydrogens is 268 g/mol. The van der Waals surface area contributed by atoms with Crippen molar-refractivity contribution in [1.82, 2.24) is 9.55 Å². The quantitative estimate of drug-likeness (QED) is 0.942. The number of carbonyl (C=O) groups is 1. The fraction of sp³-hybridized carbons (Fsp3) is 0.375. The molecule has 1 aliphatic rings. The third-order valence-electron chi connectivity index (χ3n) is 4.10. The first kappa shape index (κ1) is 13.7. The van der Waals surface area contributed by atoms with Gasteiger partial charge in [0.2, 0.25) is 0 Å². The Balaban J connectivity index is 2.06. The second-order valence-electron chi connectivity index (χ2n) is 5.32. The lowest BCUT2D eigenvalue weighted by atomic mass is 9.99. The number of aliphatic carboxylic acids is 1. The number of carboxylic acids is 1. The molecule has 2 heterocycles. The zero-order chi connectivity index (χ0) is 15.0. The Morgan fingerprint density at radius 2 is 2.10 bits per heavy atom. The van der Waals surface area contributed by atoms with Gasteiger partial charge in [0.1, 0.15) is 17.5 Å². The highest BCUT2D eigenvalue weighted by atomic mass is 16.5. The molecule has 5 nitrogen and oxygen atoms in total. The van der Waals surface area contributed by atoms with E-state index < -0.39 is 11.9 Å². The van der Waals surface area contributed by atoms with Crippen LogP contribution < -0.4 is 4.74 Å². The van der Waals surface area contributed by atoms with Crippen LogP contribution in [0.1, 0.15) is 30.3 Å². The van der Waals surface area contributed by atoms with Crippen molar-refractivity contribution in [2.24, 2.45) is 0 Å². The average Bonchev–Trinajstić information content (AvgIpc) is 2.84. The average molecular weight is 286 g/mol. The summed E-state index contributed by atoms with van der Waals surface area (Å²) in [4.78, 5) is 16.0. The molecule has 1 aliphatic heterocycles. The predicted octanol–water partition coefficient (Wildman–Crippen LogP) is 2.83. The maximum Gasteiger partial charge on any atom is 0.314 e. The van der Waals surface area contributed by atoms with Crippen molar-refractivity contribution in [2.45, 2.75) is 32.2 Å². The van der Waals surface area contributed by atoms with E-state index in [9.17, 15) is 9.90 Å². The van der Waals surface area contributed by atoms with Gasteiger partial charge in [-0.25, -0.2) is 4.98 Å². The largest absolute Gasteiger partial charge is 0.497 e. The molecule has 21 heavy (non-hydrogen) atoms. The maximum absolute atomic E-state index is 11.4. The second-order valence-corrected chi connectivity index (χ2v) is 5.32. The van der Waals surface area contributed by atoms with E-state index in [1.165, 1.54) is 0 Å². The van der Waals surface area contributed by atoms with Crippen LogP contribution in [-0.2, 0) is 11.3 Å². The molecular formula is C16H18N2O3. The van der Waals surface area contributed by atoms with Gasteiger partial charge in [-0.2, -0.15) is 0 Å². The van der Waals surface area contributed by atoms with Gasteiger partial charge in [0.15, 0.2) is 0 Å². The number of fused-ring (bicyclic) bond motifs is 1. The molecule has 1 aromatic heterocycles. The summed E-state index contributed by atoms with van der Waals surface area (Å²) in [6.07, 6.45) is 1.54. The number of hydrogen-bond donors (Lipinski definition) is 1. The molecule has 0 spiro atoms. The summed E-state index contributed by atoms with van der Waals surface area (Å²) in [5.41, 5.74) is 2.88. The Labute approximate surface area is 123 Å². The van der Waals surface area contributed by atoms with Crippen molar-refractivity contribution in [3.63, 3.8) is 0 Å². The Morgan fingerprint density at radius 3 is 2.71 bits per heavy atom. The number of rotatable bonds is 3. The Bertz CT molecular complexity index is 674. The molecule has 0 saturated carbocycles. The highest BCUT2D eigenvalue weighted by Crippen LogP contribution is 2.33. The minimum atomic E-state index is -0.790. The number of methoxy groups -OCH3 is 1. The van der Waals surface area contributed by atoms with Crippen LogP contribution in [0.5, 0.6) is 5.75 Å². The van der Waals surface area contributed by atoms with E-state index in [1.54, 1.807) is 7.11 Å². The molecule has 0 amide bonds. The van der Waals surface area contributed by atoms with E-state index in [0.717, 1.165) is 35.7 Å². The van der Waals surface area contributed by atoms with E-state index >= 15 is 0 Å². The fourth-order valence-corrected chi connectivity index (χ4v) is 2.94. The molecule has 1 aromatic carbocycles. The van der Waals surface area contributed by atoms with E-state index in [1.807, 2.05) is 35.8 Å². The topological polar surface area (TPSA) is 64.4 Å². The van der Waals surface area contributed by atoms with Crippen LogP contribution in [-0.4, -0.2) is 27.7 Å². The SMILES string of the molecule is COc1ccc(-c2nc3n(c2C)CCCC3C(=O)O)cc1. The van der Waals surface area contributed by atoms with Crippen LogP contribution in [0.3, 0.4) is 0 Å². The van der Waals surface area contributed by atoms with Gasteiger partial charge in [0, 0.05) is 17.8 Å². The van der Waals surface area contributed by atoms with Gasteiger partial charge in [0.25, 0.3) is 0 Å². The summed E-state index contributed by atoms with van der Waals surface area (Å²) < 4.78 is 7.21. The van der Waals surface area contributed by atoms with Crippen molar-refractivity contribution >= 4 is 5.97 Å². The number of benzene rings is 1. The monoisotopic (exact) mass is 286 g/mol. The number of ether oxygens (including phenoxy) is 1. The van der Waals surface area contributed by atoms with Gasteiger partial charge in [-0.05, 0) is 44.0 Å². The van der Waals surface area contributed by atoms with E-state index in [0.29, 0.717) is 12.2 Å². The van der Waals surface area contributed by atoms with Gasteiger partial charge in [0.05, 0.1) is 12.8 Å². The molecule has 5 heteroatoms. The number of hydrogen-bond acceptors (Lipinski definition) is 3. The van der Waals surface area contributed by atoms with Crippen LogP contribution in [0.2, 0.25) is 0 Å². The second kappa shape index (κ2) is 5.24. The third kappa shape index (κ3) is 2.28. The van der Waals surface area contributed by atoms with Crippen LogP contribution in [0.4, 0.5) is 0 Å². The van der Waals surface area contributed by atoms with Crippen LogP contribution in [0.25, 0.3) is 11.3 Å². The predicted molar refractivity (Wildman–Crippen MR) is 78.6 cm³/mol. The molecule has 0 fully saturated rings. The van der Waals surface area contributed by atoms with Crippen LogP contribution in [0.15, 0.2) is 24.3 Å². The standard InChI is InChI=1S/C16H18N2O3/c1-10-14(11-5-7-12(21-2)8-6-11)17-15-13(16(19)20)4-3-9-18(10)15/h5-8,13H,3-4,9H2,1-2H3,(H,19,20). The van der Waals surface area contributed by atoms with Crippen molar-refractivity contribution in [2.75, 3.05) is 7.11 Å². The van der Waals surface area contributed by atoms with E-state index in [-0.39, 0.29) is 0 Å². The summed E-state index contributed by atoms with van der Waals surface area (Å²) in [6.45, 7) is 2.84. The first-order valence-electron chi connectivity index (χ1n) is 7.06. The molecule has 0 aliphatic carbocycles. The molecule has 1 N–H and O–H groups in total. The Morgan fingerprint density at radius 1 is 1.38 bits per heavy atom. The summed E-state index contributed by atoms with van der Waals surface area (Å²) in [5.74, 6) is 0.188. The lowest BCUT2D eigenvalue weighted by molar-refractivity contribution is -0.139. The normalized spacial score (nSPS) is 17.3. The molecule has 0 saturated heterocycles. The van der Waals surface area contributed by atoms with Gasteiger partial charge >= 0.3 is 5.97 Å². The highest BCUT2D eigenvalue weighted by molar-refractivity contribution is 5.76. The molecule has 2 aromatic rings. The Hall–Kier alpha value is -2.30. The highest BCUT2D eigenvalue weighted by Gasteiger charge is 2.30. The molecule has 0 radical (unpaired) electrons. The summed E-state index contributed by atoms with van der Waals surface area (Å²) in [5, 5.41) is 9.35. The summed E-state index contributed by atoms with van der Waals surface area (Å²) >= 11 is 0. The zero-order valence-electron chi connectivity index (χ0n) is 12.2. The maximum atomic E-state index is 11.4. The molecule has 3 rings (SSSR count). The van der Waals surface area contributed by atoms with Crippen molar-refractivity contribution in [3.05, 3.63) is 35.8 Å². The van der Waals surface area contributed by atoms with Gasteiger partial charge in [-0.15, -0.1) is 0 Å². The van der Waals surface area contributed by atoms with Crippen molar-refractivity contribution < 1.29 is 14.6 Å². The van der Waals surface area contributed by atoms with Crippen molar-refractivity contribution in [1.29, 1.82) is 0 Å². The van der Waals surface area contributed by atoms with Gasteiger partial charge in [-0.1, -0.05) is 0 Å². The lowest BCUT2D eigenvalue weighted by Gasteiger charge is -2.20. The van der Waals surface area contributed by atoms with Crippen LogP contribution in [0, 0.1) is 6.92 Å². The molecule has 110 valence electrons. The number of imidazole rings is 1. The third-order valence-corrected chi connectivity index (χ3v) is 4.10. The Kier molecular flexibility index (Phi) is 3.41. The van der Waals surface area contributed by atoms with Gasteiger partial charge in [-0.3, -0.25) is 4.79 Å². The van der Waals surface area contributed by atoms with E-state index in [2.05, 4.69) is 4.98 Å². The smallest absolute Gasteiger partial charge is 0.314 e. The first-order valence-corrected chi connectivity index (χ1v) is 7.06. The lowest BCUT2D eigenvalue weighted by Crippen LogP contribution is -2.22. The minimum absolute atomic E-state index is 0.496. The summed E-state index contributed by atoms with van der Waals surface area (Å²) in [6, 6.07) is 7.69.